The van der Waals surface area contributed by atoms with E-state index < -0.39 is 0 Å². The van der Waals surface area contributed by atoms with Crippen molar-refractivity contribution in [3.63, 3.8) is 0 Å². The van der Waals surface area contributed by atoms with Gasteiger partial charge in [0.1, 0.15) is 6.33 Å². The molecule has 0 spiro atoms. The number of nitrogens with two attached hydrogens (primary N) is 2. The van der Waals surface area contributed by atoms with Gasteiger partial charge in [0.05, 0.1) is 10.7 Å². The summed E-state index contributed by atoms with van der Waals surface area (Å²) in [5.74, 6) is 0.980. The second-order valence-electron chi connectivity index (χ2n) is 4.11. The van der Waals surface area contributed by atoms with Gasteiger partial charge in [-0.15, -0.1) is 5.10 Å². The number of hydrogen-bond donors (Lipinski definition) is 2. The molecule has 0 fully saturated rings. The molecule has 2 heterocycles. The summed E-state index contributed by atoms with van der Waals surface area (Å²) in [4.78, 5) is 8.00. The Bertz CT molecular complexity index is 775. The van der Waals surface area contributed by atoms with Crippen molar-refractivity contribution in [2.24, 2.45) is 7.05 Å². The van der Waals surface area contributed by atoms with Gasteiger partial charge in [0, 0.05) is 12.6 Å². The number of nitrogen functional groups attached to an aromatic ring is 2. The van der Waals surface area contributed by atoms with Crippen LogP contribution < -0.4 is 11.5 Å². The van der Waals surface area contributed by atoms with Crippen molar-refractivity contribution in [1.29, 1.82) is 0 Å². The Labute approximate surface area is 119 Å². The van der Waals surface area contributed by atoms with Crippen LogP contribution in [0, 0.1) is 0 Å². The van der Waals surface area contributed by atoms with Gasteiger partial charge in [-0.25, -0.2) is 9.67 Å². The van der Waals surface area contributed by atoms with Crippen molar-refractivity contribution < 1.29 is 0 Å². The zero-order chi connectivity index (χ0) is 14.3. The molecule has 8 nitrogen and oxygen atoms in total. The maximum absolute atomic E-state index is 6.29. The summed E-state index contributed by atoms with van der Waals surface area (Å²) < 4.78 is 3.06. The first-order chi connectivity index (χ1) is 9.56. The van der Waals surface area contributed by atoms with Crippen LogP contribution in [-0.2, 0) is 7.05 Å². The summed E-state index contributed by atoms with van der Waals surface area (Å²) in [6.45, 7) is 0. The molecule has 9 heteroatoms. The van der Waals surface area contributed by atoms with Crippen LogP contribution in [0.1, 0.15) is 0 Å². The monoisotopic (exact) mass is 290 g/mol. The summed E-state index contributed by atoms with van der Waals surface area (Å²) in [6, 6.07) is 5.34. The first-order valence-corrected chi connectivity index (χ1v) is 6.06. The molecule has 102 valence electrons. The van der Waals surface area contributed by atoms with Crippen LogP contribution in [0.25, 0.3) is 17.1 Å². The molecule has 0 amide bonds. The van der Waals surface area contributed by atoms with E-state index >= 15 is 0 Å². The normalized spacial score (nSPS) is 10.9. The topological polar surface area (TPSA) is 113 Å². The fourth-order valence-corrected chi connectivity index (χ4v) is 2.15. The van der Waals surface area contributed by atoms with E-state index in [0.717, 1.165) is 5.56 Å². The first kappa shape index (κ1) is 12.4. The molecule has 0 saturated carbocycles. The van der Waals surface area contributed by atoms with Crippen LogP contribution in [-0.4, -0.2) is 29.5 Å². The summed E-state index contributed by atoms with van der Waals surface area (Å²) in [6.07, 6.45) is 1.47. The van der Waals surface area contributed by atoms with Gasteiger partial charge >= 0.3 is 0 Å². The van der Waals surface area contributed by atoms with E-state index in [4.69, 9.17) is 23.1 Å². The summed E-state index contributed by atoms with van der Waals surface area (Å²) >= 11 is 6.29. The Morgan fingerprint density at radius 1 is 1.25 bits per heavy atom. The smallest absolute Gasteiger partial charge is 0.241 e. The number of benzene rings is 1. The van der Waals surface area contributed by atoms with Gasteiger partial charge in [0.25, 0.3) is 0 Å². The van der Waals surface area contributed by atoms with Crippen LogP contribution in [0.15, 0.2) is 24.5 Å². The van der Waals surface area contributed by atoms with E-state index in [2.05, 4.69) is 20.2 Å². The molecule has 4 N–H and O–H groups in total. The predicted molar refractivity (Wildman–Crippen MR) is 75.2 cm³/mol. The number of aryl methyl sites for hydroxylation is 1. The van der Waals surface area contributed by atoms with Crippen LogP contribution in [0.5, 0.6) is 0 Å². The standard InChI is InChI=1S/C11H11ClN8/c1-19-9(15-5-16-19)7-3-2-6(4-8(7)12)20-11(14)17-10(13)18-20/h2-5H,1H3,(H4,13,14,17,18). The lowest BCUT2D eigenvalue weighted by atomic mass is 10.2. The number of rotatable bonds is 2. The minimum atomic E-state index is 0.107. The zero-order valence-electron chi connectivity index (χ0n) is 10.5. The lowest BCUT2D eigenvalue weighted by Gasteiger charge is -2.07. The molecule has 2 aromatic heterocycles. The van der Waals surface area contributed by atoms with Crippen molar-refractivity contribution in [3.8, 4) is 17.1 Å². The number of aromatic nitrogens is 6. The molecule has 0 radical (unpaired) electrons. The Morgan fingerprint density at radius 3 is 2.60 bits per heavy atom. The molecule has 3 aromatic rings. The number of anilines is 2. The second kappa shape index (κ2) is 4.49. The summed E-state index contributed by atoms with van der Waals surface area (Å²) in [7, 11) is 1.79. The Kier molecular flexibility index (Phi) is 2.79. The van der Waals surface area contributed by atoms with E-state index in [-0.39, 0.29) is 11.9 Å². The third kappa shape index (κ3) is 1.95. The van der Waals surface area contributed by atoms with Gasteiger partial charge in [-0.1, -0.05) is 11.6 Å². The molecule has 3 rings (SSSR count). The minimum absolute atomic E-state index is 0.107. The third-order valence-corrected chi connectivity index (χ3v) is 3.11. The molecule has 0 bridgehead atoms. The molecule has 0 saturated heterocycles. The van der Waals surface area contributed by atoms with E-state index in [1.54, 1.807) is 23.9 Å². The Balaban J connectivity index is 2.08. The minimum Gasteiger partial charge on any atom is -0.368 e. The average Bonchev–Trinajstić information content (AvgIpc) is 2.95. The van der Waals surface area contributed by atoms with Gasteiger partial charge in [-0.3, -0.25) is 0 Å². The van der Waals surface area contributed by atoms with Crippen LogP contribution in [0.2, 0.25) is 5.02 Å². The van der Waals surface area contributed by atoms with Crippen molar-refractivity contribution in [3.05, 3.63) is 29.5 Å². The summed E-state index contributed by atoms with van der Waals surface area (Å²) in [5.41, 5.74) is 12.7. The molecule has 0 aliphatic heterocycles. The molecule has 0 aliphatic rings. The first-order valence-electron chi connectivity index (χ1n) is 5.68. The average molecular weight is 291 g/mol. The lowest BCUT2D eigenvalue weighted by Crippen LogP contribution is -2.03. The maximum atomic E-state index is 6.29. The lowest BCUT2D eigenvalue weighted by molar-refractivity contribution is 0.774. The van der Waals surface area contributed by atoms with Crippen molar-refractivity contribution in [2.75, 3.05) is 11.5 Å². The molecular formula is C11H11ClN8. The van der Waals surface area contributed by atoms with Gasteiger partial charge in [-0.05, 0) is 18.2 Å². The Hall–Kier alpha value is -2.61. The third-order valence-electron chi connectivity index (χ3n) is 2.80. The van der Waals surface area contributed by atoms with Crippen LogP contribution in [0.3, 0.4) is 0 Å². The van der Waals surface area contributed by atoms with Gasteiger partial charge in [0.2, 0.25) is 11.9 Å². The highest BCUT2D eigenvalue weighted by Gasteiger charge is 2.12. The SMILES string of the molecule is Cn1ncnc1-c1ccc(-n2nc(N)nc2N)cc1Cl. The van der Waals surface area contributed by atoms with Crippen molar-refractivity contribution in [2.45, 2.75) is 0 Å². The van der Waals surface area contributed by atoms with E-state index in [0.29, 0.717) is 16.5 Å². The van der Waals surface area contributed by atoms with Crippen LogP contribution in [0.4, 0.5) is 11.9 Å². The number of nitrogens with zero attached hydrogens (tertiary/aromatic N) is 6. The Morgan fingerprint density at radius 2 is 2.05 bits per heavy atom. The van der Waals surface area contributed by atoms with Crippen molar-refractivity contribution >= 4 is 23.5 Å². The fourth-order valence-electron chi connectivity index (χ4n) is 1.89. The van der Waals surface area contributed by atoms with Gasteiger partial charge < -0.3 is 11.5 Å². The van der Waals surface area contributed by atoms with E-state index in [1.165, 1.54) is 11.0 Å². The highest BCUT2D eigenvalue weighted by atomic mass is 35.5. The van der Waals surface area contributed by atoms with Crippen LogP contribution >= 0.6 is 11.6 Å². The second-order valence-corrected chi connectivity index (χ2v) is 4.52. The number of halogens is 1. The van der Waals surface area contributed by atoms with E-state index in [9.17, 15) is 0 Å². The molecule has 1 aromatic carbocycles. The maximum Gasteiger partial charge on any atom is 0.241 e. The quantitative estimate of drug-likeness (QED) is 0.724. The molecule has 0 aliphatic carbocycles. The van der Waals surface area contributed by atoms with Gasteiger partial charge in [-0.2, -0.15) is 14.8 Å². The van der Waals surface area contributed by atoms with E-state index in [1.807, 2.05) is 6.07 Å². The molecule has 0 unspecified atom stereocenters. The number of hydrogen-bond acceptors (Lipinski definition) is 6. The summed E-state index contributed by atoms with van der Waals surface area (Å²) in [5, 5.41) is 8.52. The highest BCUT2D eigenvalue weighted by molar-refractivity contribution is 6.33. The zero-order valence-corrected chi connectivity index (χ0v) is 11.3. The molecule has 20 heavy (non-hydrogen) atoms. The largest absolute Gasteiger partial charge is 0.368 e. The van der Waals surface area contributed by atoms with Crippen molar-refractivity contribution in [1.82, 2.24) is 29.5 Å². The molecular weight excluding hydrogens is 280 g/mol. The predicted octanol–water partition coefficient (Wildman–Crippen LogP) is 0.881. The van der Waals surface area contributed by atoms with Gasteiger partial charge in [0.15, 0.2) is 5.82 Å². The highest BCUT2D eigenvalue weighted by Crippen LogP contribution is 2.28. The fraction of sp³-hybridized carbons (Fsp3) is 0.0909. The molecule has 0 atom stereocenters.